The van der Waals surface area contributed by atoms with Crippen molar-refractivity contribution in [3.8, 4) is 0 Å². The van der Waals surface area contributed by atoms with Crippen molar-refractivity contribution in [1.82, 2.24) is 16.0 Å². The van der Waals surface area contributed by atoms with Gasteiger partial charge in [-0.1, -0.05) is 49.5 Å². The van der Waals surface area contributed by atoms with E-state index in [-0.39, 0.29) is 48.2 Å². The second-order valence-electron chi connectivity index (χ2n) is 17.2. The Hall–Kier alpha value is -3.53. The second-order valence-corrected chi connectivity index (χ2v) is 17.2. The van der Waals surface area contributed by atoms with Gasteiger partial charge in [0.15, 0.2) is 0 Å². The summed E-state index contributed by atoms with van der Waals surface area (Å²) in [7, 11) is 1.63. The summed E-state index contributed by atoms with van der Waals surface area (Å²) in [4.78, 5) is 38.2. The average molecular weight is 772 g/mol. The Morgan fingerprint density at radius 3 is 1.79 bits per heavy atom. The van der Waals surface area contributed by atoms with Crippen molar-refractivity contribution in [2.24, 2.45) is 88.8 Å². The van der Waals surface area contributed by atoms with Crippen molar-refractivity contribution in [2.45, 2.75) is 51.6 Å². The van der Waals surface area contributed by atoms with Crippen LogP contribution >= 0.6 is 0 Å². The first-order valence-electron chi connectivity index (χ1n) is 21.1. The van der Waals surface area contributed by atoms with E-state index in [2.05, 4.69) is 80.6 Å². The van der Waals surface area contributed by atoms with Crippen molar-refractivity contribution in [1.29, 1.82) is 0 Å². The highest BCUT2D eigenvalue weighted by atomic mass is 16.5. The Morgan fingerprint density at radius 1 is 0.679 bits per heavy atom. The molecule has 56 heavy (non-hydrogen) atoms. The third-order valence-electron chi connectivity index (χ3n) is 14.7. The van der Waals surface area contributed by atoms with Crippen molar-refractivity contribution < 1.29 is 29.0 Å². The average Bonchev–Trinajstić information content (AvgIpc) is 4.05. The van der Waals surface area contributed by atoms with Gasteiger partial charge in [-0.15, -0.1) is 39.5 Å². The molecule has 5 saturated carbocycles. The number of amides is 3. The molecule has 4 N–H and O–H groups in total. The molecule has 5 fully saturated rings. The summed E-state index contributed by atoms with van der Waals surface area (Å²) in [6, 6.07) is 0. The number of carbonyl (C=O) groups is 3. The van der Waals surface area contributed by atoms with Crippen LogP contribution in [0, 0.1) is 88.8 Å². The molecule has 0 aromatic carbocycles. The molecule has 6 aliphatic carbocycles. The van der Waals surface area contributed by atoms with Crippen LogP contribution in [0.3, 0.4) is 0 Å². The van der Waals surface area contributed by atoms with E-state index in [0.29, 0.717) is 104 Å². The van der Waals surface area contributed by atoms with Crippen LogP contribution in [0.25, 0.3) is 0 Å². The lowest BCUT2D eigenvalue weighted by atomic mass is 9.83. The molecule has 6 rings (SSSR count). The SMILES string of the molecule is C=CC1CC(C=C)C2C(C)C(C(=O)NCCOC3C(C(=O)NCCOC)CC4C(C=C)CC(C=C)C43)CC12.C=CC1CC(C=C)C2CC(C(=O)NCCO)=CC12. The van der Waals surface area contributed by atoms with E-state index in [4.69, 9.17) is 14.6 Å². The number of aliphatic hydroxyl groups excluding tert-OH is 1. The molecule has 0 aromatic rings. The lowest BCUT2D eigenvalue weighted by molar-refractivity contribution is -0.131. The van der Waals surface area contributed by atoms with Crippen LogP contribution in [0.4, 0.5) is 0 Å². The summed E-state index contributed by atoms with van der Waals surface area (Å²) in [5.41, 5.74) is 0.858. The van der Waals surface area contributed by atoms with Crippen LogP contribution in [0.5, 0.6) is 0 Å². The van der Waals surface area contributed by atoms with Gasteiger partial charge in [0.25, 0.3) is 0 Å². The van der Waals surface area contributed by atoms with E-state index in [1.165, 1.54) is 0 Å². The molecule has 0 aliphatic heterocycles. The molecular formula is C47H69N3O6. The summed E-state index contributed by atoms with van der Waals surface area (Å²) < 4.78 is 11.6. The molecule has 9 heteroatoms. The Bertz CT molecular complexity index is 1490. The number of fused-ring (bicyclic) bond motifs is 3. The lowest BCUT2D eigenvalue weighted by Crippen LogP contribution is -2.41. The van der Waals surface area contributed by atoms with Crippen molar-refractivity contribution >= 4 is 17.7 Å². The minimum Gasteiger partial charge on any atom is -0.395 e. The van der Waals surface area contributed by atoms with Gasteiger partial charge in [-0.25, -0.2) is 0 Å². The quantitative estimate of drug-likeness (QED) is 0.0991. The van der Waals surface area contributed by atoms with Crippen molar-refractivity contribution in [3.63, 3.8) is 0 Å². The van der Waals surface area contributed by atoms with Gasteiger partial charge in [0, 0.05) is 38.2 Å². The summed E-state index contributed by atoms with van der Waals surface area (Å²) in [6.07, 6.45) is 19.9. The number of methoxy groups -OCH3 is 1. The molecule has 16 unspecified atom stereocenters. The highest BCUT2D eigenvalue weighted by Crippen LogP contribution is 2.57. The Balaban J connectivity index is 0.000000278. The smallest absolute Gasteiger partial charge is 0.246 e. The molecule has 6 aliphatic rings. The first-order valence-corrected chi connectivity index (χ1v) is 21.1. The van der Waals surface area contributed by atoms with E-state index in [1.54, 1.807) is 7.11 Å². The zero-order valence-corrected chi connectivity index (χ0v) is 34.0. The second kappa shape index (κ2) is 20.2. The van der Waals surface area contributed by atoms with Gasteiger partial charge in [0.1, 0.15) is 0 Å². The highest BCUT2D eigenvalue weighted by molar-refractivity contribution is 5.94. The highest BCUT2D eigenvalue weighted by Gasteiger charge is 2.56. The first-order chi connectivity index (χ1) is 27.1. The van der Waals surface area contributed by atoms with Gasteiger partial charge in [-0.3, -0.25) is 14.4 Å². The number of nitrogens with one attached hydrogen (secondary N) is 3. The van der Waals surface area contributed by atoms with Crippen LogP contribution in [0.2, 0.25) is 0 Å². The first kappa shape index (κ1) is 43.6. The summed E-state index contributed by atoms with van der Waals surface area (Å²) in [5.74, 6) is 5.33. The molecule has 0 spiro atoms. The van der Waals surface area contributed by atoms with Crippen LogP contribution in [0.1, 0.15) is 45.4 Å². The van der Waals surface area contributed by atoms with Gasteiger partial charge in [0.05, 0.1) is 31.8 Å². The number of carbonyl (C=O) groups excluding carboxylic acids is 3. The fraction of sp³-hybridized carbons (Fsp3) is 0.638. The van der Waals surface area contributed by atoms with Crippen LogP contribution in [-0.2, 0) is 23.9 Å². The maximum atomic E-state index is 13.2. The molecule has 0 heterocycles. The topological polar surface area (TPSA) is 126 Å². The Kier molecular flexibility index (Phi) is 15.8. The van der Waals surface area contributed by atoms with Gasteiger partial charge in [-0.2, -0.15) is 0 Å². The molecule has 0 aromatic heterocycles. The molecule has 16 atom stereocenters. The molecule has 3 amide bonds. The van der Waals surface area contributed by atoms with E-state index in [1.807, 2.05) is 24.3 Å². The number of ether oxygens (including phenoxy) is 2. The number of hydrogen-bond acceptors (Lipinski definition) is 6. The summed E-state index contributed by atoms with van der Waals surface area (Å²) in [6.45, 7) is 28.4. The van der Waals surface area contributed by atoms with Gasteiger partial charge in [0.2, 0.25) is 17.7 Å². The summed E-state index contributed by atoms with van der Waals surface area (Å²) >= 11 is 0. The fourth-order valence-electron chi connectivity index (χ4n) is 12.0. The Morgan fingerprint density at radius 2 is 1.20 bits per heavy atom. The molecule has 0 saturated heterocycles. The predicted molar refractivity (Wildman–Crippen MR) is 223 cm³/mol. The number of allylic oxidation sites excluding steroid dienone is 7. The van der Waals surface area contributed by atoms with Crippen LogP contribution in [0.15, 0.2) is 87.6 Å². The van der Waals surface area contributed by atoms with E-state index < -0.39 is 0 Å². The van der Waals surface area contributed by atoms with Crippen LogP contribution in [-0.4, -0.2) is 75.5 Å². The maximum absolute atomic E-state index is 13.2. The largest absolute Gasteiger partial charge is 0.395 e. The fourth-order valence-corrected chi connectivity index (χ4v) is 12.0. The summed E-state index contributed by atoms with van der Waals surface area (Å²) in [5, 5.41) is 17.6. The monoisotopic (exact) mass is 772 g/mol. The minimum atomic E-state index is -0.219. The Labute approximate surface area is 336 Å². The molecule has 9 nitrogen and oxygen atoms in total. The van der Waals surface area contributed by atoms with Crippen molar-refractivity contribution in [3.05, 3.63) is 87.6 Å². The van der Waals surface area contributed by atoms with E-state index >= 15 is 0 Å². The molecule has 0 bridgehead atoms. The lowest BCUT2D eigenvalue weighted by Gasteiger charge is -2.28. The number of rotatable bonds is 18. The van der Waals surface area contributed by atoms with Gasteiger partial charge in [-0.05, 0) is 115 Å². The minimum absolute atomic E-state index is 0.0127. The van der Waals surface area contributed by atoms with E-state index in [9.17, 15) is 14.4 Å². The van der Waals surface area contributed by atoms with Gasteiger partial charge >= 0.3 is 0 Å². The van der Waals surface area contributed by atoms with Gasteiger partial charge < -0.3 is 30.5 Å². The predicted octanol–water partition coefficient (Wildman–Crippen LogP) is 6.07. The normalized spacial score (nSPS) is 38.8. The zero-order chi connectivity index (χ0) is 40.5. The molecular weight excluding hydrogens is 703 g/mol. The van der Waals surface area contributed by atoms with Crippen LogP contribution < -0.4 is 16.0 Å². The molecule has 0 radical (unpaired) electrons. The third kappa shape index (κ3) is 9.11. The number of hydrogen-bond donors (Lipinski definition) is 4. The molecule has 308 valence electrons. The third-order valence-corrected chi connectivity index (χ3v) is 14.7. The zero-order valence-electron chi connectivity index (χ0n) is 34.0. The maximum Gasteiger partial charge on any atom is 0.246 e. The van der Waals surface area contributed by atoms with E-state index in [0.717, 1.165) is 44.1 Å². The standard InChI is InChI=1S/C32H48N2O4.C15H21NO2/c1-7-20-15-22(9-3)28-19(5)24(17-25(20)28)31(35)34-12-14-38-30-27(32(36)33-11-13-37-6)18-26-21(8-2)16-23(10-4)29(26)30;1-3-10-7-11(4-2)14-9-12(8-13(10)14)15(18)16-5-6-17/h7-10,19-30H,1-4,11-18H2,5-6H3,(H,33,36)(H,34,35);3-4,8,10-11,13-14,17H,1-2,5-7,9H2,(H,16,18). The number of aliphatic hydroxyl groups is 1. The van der Waals surface area contributed by atoms with Crippen molar-refractivity contribution in [2.75, 3.05) is 46.6 Å².